The standard InChI is InChI=1S/C24H19N5O3/c30-21(7-3-14-29-22(31)18-5-1-2-6-19(18)23(29)32)26-17-10-8-16(9-11-17)20-15-28-13-4-12-25-24(28)27-20/h1-2,4-6,8-13,15H,3,7,14H2,(H,26,30). The van der Waals surface area contributed by atoms with Crippen LogP contribution in [-0.2, 0) is 4.79 Å². The zero-order chi connectivity index (χ0) is 22.1. The molecule has 0 aliphatic carbocycles. The number of hydrogen-bond donors (Lipinski definition) is 1. The molecular weight excluding hydrogens is 406 g/mol. The van der Waals surface area contributed by atoms with Gasteiger partial charge in [-0.05, 0) is 36.8 Å². The molecule has 3 amide bonds. The van der Waals surface area contributed by atoms with E-state index >= 15 is 0 Å². The van der Waals surface area contributed by atoms with Crippen LogP contribution in [0.1, 0.15) is 33.6 Å². The lowest BCUT2D eigenvalue weighted by Crippen LogP contribution is -2.31. The number of benzene rings is 2. The maximum absolute atomic E-state index is 12.4. The second kappa shape index (κ2) is 8.07. The van der Waals surface area contributed by atoms with Crippen molar-refractivity contribution in [2.45, 2.75) is 12.8 Å². The van der Waals surface area contributed by atoms with Gasteiger partial charge in [-0.15, -0.1) is 0 Å². The Bertz CT molecular complexity index is 1280. The zero-order valence-electron chi connectivity index (χ0n) is 17.1. The number of imide groups is 1. The summed E-state index contributed by atoms with van der Waals surface area (Å²) < 4.78 is 1.85. The summed E-state index contributed by atoms with van der Waals surface area (Å²) in [5.41, 5.74) is 3.22. The largest absolute Gasteiger partial charge is 0.326 e. The van der Waals surface area contributed by atoms with Crippen molar-refractivity contribution in [3.63, 3.8) is 0 Å². The highest BCUT2D eigenvalue weighted by atomic mass is 16.2. The maximum Gasteiger partial charge on any atom is 0.261 e. The third-order valence-corrected chi connectivity index (χ3v) is 5.36. The van der Waals surface area contributed by atoms with E-state index in [0.29, 0.717) is 29.0 Å². The van der Waals surface area contributed by atoms with Gasteiger partial charge >= 0.3 is 0 Å². The van der Waals surface area contributed by atoms with Crippen LogP contribution in [0.25, 0.3) is 17.0 Å². The molecule has 8 heteroatoms. The SMILES string of the molecule is O=C(CCCN1C(=O)c2ccccc2C1=O)Nc1ccc(-c2cn3cccnc3n2)cc1. The Balaban J connectivity index is 1.15. The molecule has 4 aromatic rings. The number of carbonyl (C=O) groups is 3. The van der Waals surface area contributed by atoms with Crippen LogP contribution in [0, 0.1) is 0 Å². The van der Waals surface area contributed by atoms with E-state index < -0.39 is 0 Å². The third-order valence-electron chi connectivity index (χ3n) is 5.36. The van der Waals surface area contributed by atoms with Gasteiger partial charge in [0.2, 0.25) is 11.7 Å². The molecule has 8 nitrogen and oxygen atoms in total. The molecule has 1 aliphatic heterocycles. The minimum absolute atomic E-state index is 0.175. The number of imidazole rings is 1. The molecule has 5 rings (SSSR count). The van der Waals surface area contributed by atoms with E-state index in [0.717, 1.165) is 11.3 Å². The molecular formula is C24H19N5O3. The molecule has 1 aliphatic rings. The Hall–Kier alpha value is -4.33. The van der Waals surface area contributed by atoms with E-state index in [4.69, 9.17) is 0 Å². The van der Waals surface area contributed by atoms with Crippen LogP contribution >= 0.6 is 0 Å². The van der Waals surface area contributed by atoms with Crippen LogP contribution in [0.2, 0.25) is 0 Å². The summed E-state index contributed by atoms with van der Waals surface area (Å²) >= 11 is 0. The summed E-state index contributed by atoms with van der Waals surface area (Å²) in [5.74, 6) is -0.156. The average Bonchev–Trinajstić information content (AvgIpc) is 3.35. The number of carbonyl (C=O) groups excluding carboxylic acids is 3. The predicted molar refractivity (Wildman–Crippen MR) is 118 cm³/mol. The first-order valence-electron chi connectivity index (χ1n) is 10.3. The lowest BCUT2D eigenvalue weighted by molar-refractivity contribution is -0.116. The monoisotopic (exact) mass is 425 g/mol. The number of rotatable bonds is 6. The molecule has 0 unspecified atom stereocenters. The Morgan fingerprint density at radius 3 is 2.34 bits per heavy atom. The van der Waals surface area contributed by atoms with E-state index in [9.17, 15) is 14.4 Å². The van der Waals surface area contributed by atoms with Crippen LogP contribution < -0.4 is 5.32 Å². The van der Waals surface area contributed by atoms with Crippen molar-refractivity contribution in [1.29, 1.82) is 0 Å². The van der Waals surface area contributed by atoms with Crippen molar-refractivity contribution < 1.29 is 14.4 Å². The second-order valence-corrected chi connectivity index (χ2v) is 7.49. The molecule has 0 radical (unpaired) electrons. The first-order chi connectivity index (χ1) is 15.6. The van der Waals surface area contributed by atoms with E-state index in [-0.39, 0.29) is 30.7 Å². The lowest BCUT2D eigenvalue weighted by Gasteiger charge is -2.13. The summed E-state index contributed by atoms with van der Waals surface area (Å²) in [6.07, 6.45) is 6.07. The van der Waals surface area contributed by atoms with Crippen molar-refractivity contribution in [2.75, 3.05) is 11.9 Å². The molecule has 0 fully saturated rings. The van der Waals surface area contributed by atoms with E-state index in [1.54, 1.807) is 30.5 Å². The highest BCUT2D eigenvalue weighted by molar-refractivity contribution is 6.21. The minimum atomic E-state index is -0.302. The molecule has 0 saturated carbocycles. The fourth-order valence-electron chi connectivity index (χ4n) is 3.76. The second-order valence-electron chi connectivity index (χ2n) is 7.49. The Labute approximate surface area is 183 Å². The summed E-state index contributed by atoms with van der Waals surface area (Å²) in [6, 6.07) is 16.0. The van der Waals surface area contributed by atoms with Gasteiger partial charge in [-0.1, -0.05) is 24.3 Å². The molecule has 2 aromatic heterocycles. The first kappa shape index (κ1) is 19.6. The van der Waals surface area contributed by atoms with Gasteiger partial charge in [0.05, 0.1) is 16.8 Å². The normalized spacial score (nSPS) is 12.9. The Morgan fingerprint density at radius 2 is 1.66 bits per heavy atom. The molecule has 0 bridgehead atoms. The van der Waals surface area contributed by atoms with Gasteiger partial charge < -0.3 is 5.32 Å². The van der Waals surface area contributed by atoms with Crippen LogP contribution in [0.15, 0.2) is 73.2 Å². The van der Waals surface area contributed by atoms with Crippen molar-refractivity contribution in [3.05, 3.63) is 84.3 Å². The molecule has 0 saturated heterocycles. The van der Waals surface area contributed by atoms with Crippen LogP contribution in [0.5, 0.6) is 0 Å². The van der Waals surface area contributed by atoms with Gasteiger partial charge in [0.25, 0.3) is 11.8 Å². The van der Waals surface area contributed by atoms with Gasteiger partial charge in [-0.25, -0.2) is 9.97 Å². The fourth-order valence-corrected chi connectivity index (χ4v) is 3.76. The minimum Gasteiger partial charge on any atom is -0.326 e. The molecule has 158 valence electrons. The topological polar surface area (TPSA) is 96.7 Å². The number of nitrogens with zero attached hydrogens (tertiary/aromatic N) is 4. The quantitative estimate of drug-likeness (QED) is 0.478. The number of hydrogen-bond acceptors (Lipinski definition) is 5. The maximum atomic E-state index is 12.4. The highest BCUT2D eigenvalue weighted by Gasteiger charge is 2.34. The van der Waals surface area contributed by atoms with Crippen LogP contribution in [0.3, 0.4) is 0 Å². The number of amides is 3. The van der Waals surface area contributed by atoms with Crippen molar-refractivity contribution in [1.82, 2.24) is 19.3 Å². The molecule has 0 atom stereocenters. The van der Waals surface area contributed by atoms with E-state index in [2.05, 4.69) is 15.3 Å². The summed E-state index contributed by atoms with van der Waals surface area (Å²) in [5, 5.41) is 2.85. The van der Waals surface area contributed by atoms with Crippen LogP contribution in [-0.4, -0.2) is 43.5 Å². The van der Waals surface area contributed by atoms with Gasteiger partial charge in [-0.2, -0.15) is 0 Å². The van der Waals surface area contributed by atoms with Crippen molar-refractivity contribution in [3.8, 4) is 11.3 Å². The number of aromatic nitrogens is 3. The van der Waals surface area contributed by atoms with Crippen molar-refractivity contribution in [2.24, 2.45) is 0 Å². The molecule has 2 aromatic carbocycles. The van der Waals surface area contributed by atoms with Crippen molar-refractivity contribution >= 4 is 29.2 Å². The molecule has 3 heterocycles. The number of fused-ring (bicyclic) bond motifs is 2. The average molecular weight is 425 g/mol. The van der Waals surface area contributed by atoms with Gasteiger partial charge in [-0.3, -0.25) is 23.7 Å². The smallest absolute Gasteiger partial charge is 0.261 e. The molecule has 1 N–H and O–H groups in total. The summed E-state index contributed by atoms with van der Waals surface area (Å²) in [4.78, 5) is 47.0. The Kier molecular flexibility index (Phi) is 4.95. The molecule has 0 spiro atoms. The van der Waals surface area contributed by atoms with E-state index in [1.165, 1.54) is 4.90 Å². The predicted octanol–water partition coefficient (Wildman–Crippen LogP) is 3.41. The number of anilines is 1. The first-order valence-corrected chi connectivity index (χ1v) is 10.3. The zero-order valence-corrected chi connectivity index (χ0v) is 17.1. The molecule has 32 heavy (non-hydrogen) atoms. The fraction of sp³-hybridized carbons (Fsp3) is 0.125. The van der Waals surface area contributed by atoms with Gasteiger partial charge in [0.1, 0.15) is 0 Å². The number of nitrogens with one attached hydrogen (secondary N) is 1. The van der Waals surface area contributed by atoms with E-state index in [1.807, 2.05) is 47.1 Å². The lowest BCUT2D eigenvalue weighted by atomic mass is 10.1. The van der Waals surface area contributed by atoms with Gasteiger partial charge in [0, 0.05) is 42.8 Å². The summed E-state index contributed by atoms with van der Waals surface area (Å²) in [7, 11) is 0. The van der Waals surface area contributed by atoms with Gasteiger partial charge in [0.15, 0.2) is 0 Å². The highest BCUT2D eigenvalue weighted by Crippen LogP contribution is 2.23. The Morgan fingerprint density at radius 1 is 0.938 bits per heavy atom. The summed E-state index contributed by atoms with van der Waals surface area (Å²) in [6.45, 7) is 0.209. The van der Waals surface area contributed by atoms with Crippen LogP contribution in [0.4, 0.5) is 5.69 Å². The third kappa shape index (κ3) is 3.62.